The third-order valence-corrected chi connectivity index (χ3v) is 1.68. The summed E-state index contributed by atoms with van der Waals surface area (Å²) in [5, 5.41) is 0. The van der Waals surface area contributed by atoms with Crippen molar-refractivity contribution in [3.05, 3.63) is 47.6 Å². The van der Waals surface area contributed by atoms with Gasteiger partial charge < -0.3 is 10.5 Å². The molecule has 1 rings (SSSR count). The second-order valence-corrected chi connectivity index (χ2v) is 2.78. The van der Waals surface area contributed by atoms with Crippen LogP contribution < -0.4 is 10.5 Å². The minimum atomic E-state index is -0.397. The van der Waals surface area contributed by atoms with Crippen LogP contribution in [0.3, 0.4) is 0 Å². The first-order valence-electron chi connectivity index (χ1n) is 4.41. The summed E-state index contributed by atoms with van der Waals surface area (Å²) in [5.41, 5.74) is 5.66. The normalized spacial score (nSPS) is 10.2. The van der Waals surface area contributed by atoms with Gasteiger partial charge >= 0.3 is 0 Å². The highest BCUT2D eigenvalue weighted by Gasteiger charge is 1.97. The van der Waals surface area contributed by atoms with E-state index < -0.39 is 5.83 Å². The van der Waals surface area contributed by atoms with Crippen LogP contribution in [0.4, 0.5) is 10.1 Å². The molecule has 2 N–H and O–H groups in total. The van der Waals surface area contributed by atoms with Crippen molar-refractivity contribution < 1.29 is 9.13 Å². The van der Waals surface area contributed by atoms with Crippen molar-refractivity contribution in [2.75, 3.05) is 13.2 Å². The van der Waals surface area contributed by atoms with Gasteiger partial charge in [-0.15, -0.1) is 12.4 Å². The van der Waals surface area contributed by atoms with Crippen molar-refractivity contribution in [3.8, 4) is 5.75 Å². The lowest BCUT2D eigenvalue weighted by Crippen LogP contribution is -2.01. The maximum absolute atomic E-state index is 12.8. The number of nitrogens with zero attached hydrogens (tertiary/aromatic N) is 1. The lowest BCUT2D eigenvalue weighted by atomic mass is 10.3. The van der Waals surface area contributed by atoms with Crippen LogP contribution >= 0.6 is 12.4 Å². The van der Waals surface area contributed by atoms with Crippen LogP contribution in [0, 0.1) is 6.57 Å². The highest BCUT2D eigenvalue weighted by atomic mass is 35.5. The van der Waals surface area contributed by atoms with E-state index in [0.717, 1.165) is 0 Å². The maximum atomic E-state index is 12.8. The SMILES string of the molecule is Cl.[C-]#[N+]c1ccc(OC/C(F)=C\CN)cc1. The van der Waals surface area contributed by atoms with E-state index in [2.05, 4.69) is 4.85 Å². The van der Waals surface area contributed by atoms with Crippen LogP contribution in [0.1, 0.15) is 0 Å². The van der Waals surface area contributed by atoms with Gasteiger partial charge in [-0.25, -0.2) is 9.24 Å². The number of hydrogen-bond donors (Lipinski definition) is 1. The second-order valence-electron chi connectivity index (χ2n) is 2.78. The second kappa shape index (κ2) is 7.69. The Hall–Kier alpha value is -1.57. The molecule has 0 spiro atoms. The van der Waals surface area contributed by atoms with Gasteiger partial charge in [-0.1, -0.05) is 12.1 Å². The molecule has 0 bridgehead atoms. The van der Waals surface area contributed by atoms with Gasteiger partial charge in [-0.2, -0.15) is 0 Å². The average molecular weight is 243 g/mol. The molecule has 0 unspecified atom stereocenters. The standard InChI is InChI=1S/C11H11FN2O.ClH/c1-14-10-2-4-11(5-3-10)15-8-9(12)6-7-13;/h2-6H,7-8,13H2;1H/b9-6+;. The van der Waals surface area contributed by atoms with Crippen molar-refractivity contribution in [1.82, 2.24) is 0 Å². The summed E-state index contributed by atoms with van der Waals surface area (Å²) in [5.74, 6) is 0.134. The summed E-state index contributed by atoms with van der Waals surface area (Å²) in [6, 6.07) is 6.49. The third kappa shape index (κ3) is 4.78. The van der Waals surface area contributed by atoms with E-state index in [1.807, 2.05) is 0 Å². The molecule has 1 aromatic rings. The summed E-state index contributed by atoms with van der Waals surface area (Å²) >= 11 is 0. The molecule has 0 aliphatic rings. The van der Waals surface area contributed by atoms with E-state index in [4.69, 9.17) is 17.0 Å². The summed E-state index contributed by atoms with van der Waals surface area (Å²) in [4.78, 5) is 3.23. The summed E-state index contributed by atoms with van der Waals surface area (Å²) in [6.07, 6.45) is 1.26. The van der Waals surface area contributed by atoms with Crippen molar-refractivity contribution in [2.24, 2.45) is 5.73 Å². The molecule has 3 nitrogen and oxygen atoms in total. The van der Waals surface area contributed by atoms with Gasteiger partial charge in [0.2, 0.25) is 0 Å². The zero-order valence-corrected chi connectivity index (χ0v) is 9.34. The fourth-order valence-corrected chi connectivity index (χ4v) is 0.956. The van der Waals surface area contributed by atoms with Crippen LogP contribution in [0.25, 0.3) is 4.85 Å². The predicted molar refractivity (Wildman–Crippen MR) is 63.7 cm³/mol. The minimum absolute atomic E-state index is 0. The topological polar surface area (TPSA) is 39.6 Å². The molecular weight excluding hydrogens is 231 g/mol. The van der Waals surface area contributed by atoms with Crippen LogP contribution in [0.5, 0.6) is 5.75 Å². The van der Waals surface area contributed by atoms with E-state index in [0.29, 0.717) is 11.4 Å². The Morgan fingerprint density at radius 2 is 2.06 bits per heavy atom. The van der Waals surface area contributed by atoms with E-state index in [1.165, 1.54) is 6.08 Å². The molecule has 0 radical (unpaired) electrons. The van der Waals surface area contributed by atoms with E-state index in [9.17, 15) is 4.39 Å². The maximum Gasteiger partial charge on any atom is 0.187 e. The highest BCUT2D eigenvalue weighted by Crippen LogP contribution is 2.18. The number of nitrogens with two attached hydrogens (primary N) is 1. The number of halogens is 2. The van der Waals surface area contributed by atoms with Gasteiger partial charge in [0, 0.05) is 6.54 Å². The van der Waals surface area contributed by atoms with Gasteiger partial charge in [0.15, 0.2) is 5.69 Å². The number of ether oxygens (including phenoxy) is 1. The number of rotatable bonds is 4. The fraction of sp³-hybridized carbons (Fsp3) is 0.182. The summed E-state index contributed by atoms with van der Waals surface area (Å²) < 4.78 is 18.0. The van der Waals surface area contributed by atoms with Gasteiger partial charge in [0.1, 0.15) is 18.2 Å². The van der Waals surface area contributed by atoms with E-state index >= 15 is 0 Å². The van der Waals surface area contributed by atoms with Gasteiger partial charge in [-0.05, 0) is 18.2 Å². The number of benzene rings is 1. The average Bonchev–Trinajstić information content (AvgIpc) is 2.27. The zero-order chi connectivity index (χ0) is 11.1. The van der Waals surface area contributed by atoms with Crippen LogP contribution in [-0.4, -0.2) is 13.2 Å². The molecule has 0 saturated carbocycles. The predicted octanol–water partition coefficient (Wildman–Crippen LogP) is 2.85. The Balaban J connectivity index is 0.00000225. The van der Waals surface area contributed by atoms with Crippen LogP contribution in [-0.2, 0) is 0 Å². The van der Waals surface area contributed by atoms with Crippen molar-refractivity contribution >= 4 is 18.1 Å². The third-order valence-electron chi connectivity index (χ3n) is 1.68. The lowest BCUT2D eigenvalue weighted by Gasteiger charge is -2.03. The lowest BCUT2D eigenvalue weighted by molar-refractivity contribution is 0.318. The van der Waals surface area contributed by atoms with Gasteiger partial charge in [-0.3, -0.25) is 0 Å². The van der Waals surface area contributed by atoms with Gasteiger partial charge in [0.05, 0.1) is 6.57 Å². The van der Waals surface area contributed by atoms with Crippen LogP contribution in [0.15, 0.2) is 36.2 Å². The monoisotopic (exact) mass is 242 g/mol. The first-order chi connectivity index (χ1) is 7.26. The largest absolute Gasteiger partial charge is 0.487 e. The highest BCUT2D eigenvalue weighted by molar-refractivity contribution is 5.85. The Labute approximate surface area is 99.9 Å². The molecule has 0 atom stereocenters. The molecule has 1 aromatic carbocycles. The van der Waals surface area contributed by atoms with Crippen molar-refractivity contribution in [3.63, 3.8) is 0 Å². The molecule has 0 aliphatic heterocycles. The molecule has 0 aromatic heterocycles. The van der Waals surface area contributed by atoms with Crippen molar-refractivity contribution in [1.29, 1.82) is 0 Å². The molecule has 0 fully saturated rings. The Morgan fingerprint density at radius 1 is 1.44 bits per heavy atom. The van der Waals surface area contributed by atoms with Crippen molar-refractivity contribution in [2.45, 2.75) is 0 Å². The Bertz CT molecular complexity index is 384. The Morgan fingerprint density at radius 3 is 2.56 bits per heavy atom. The van der Waals surface area contributed by atoms with E-state index in [-0.39, 0.29) is 25.6 Å². The first-order valence-corrected chi connectivity index (χ1v) is 4.41. The Kier molecular flexibility index (Phi) is 6.93. The molecule has 5 heteroatoms. The summed E-state index contributed by atoms with van der Waals surface area (Å²) in [7, 11) is 0. The molecule has 0 amide bonds. The molecule has 86 valence electrons. The zero-order valence-electron chi connectivity index (χ0n) is 8.52. The fourth-order valence-electron chi connectivity index (χ4n) is 0.956. The summed E-state index contributed by atoms with van der Waals surface area (Å²) in [6.45, 7) is 6.77. The first kappa shape index (κ1) is 14.4. The molecule has 0 heterocycles. The minimum Gasteiger partial charge on any atom is -0.487 e. The smallest absolute Gasteiger partial charge is 0.187 e. The van der Waals surface area contributed by atoms with Crippen LogP contribution in [0.2, 0.25) is 0 Å². The molecule has 0 saturated heterocycles. The molecular formula is C11H12ClFN2O. The quantitative estimate of drug-likeness (QED) is 0.825. The molecule has 16 heavy (non-hydrogen) atoms. The molecule has 0 aliphatic carbocycles. The van der Waals surface area contributed by atoms with Gasteiger partial charge in [0.25, 0.3) is 0 Å². The van der Waals surface area contributed by atoms with E-state index in [1.54, 1.807) is 24.3 Å². The number of hydrogen-bond acceptors (Lipinski definition) is 2.